The minimum Gasteiger partial charge on any atom is -0.382 e. The van der Waals surface area contributed by atoms with Gasteiger partial charge in [0.25, 0.3) is 0 Å². The quantitative estimate of drug-likeness (QED) is 0.900. The fraction of sp³-hybridized carbons (Fsp3) is 0.600. The standard InChI is InChI=1S/C15H24N2O2S/c1-10-7-13(20(16,18)19)8-14(11(10)2)17-12-5-6-15(3,4)9-12/h7-8,12,17H,5-6,9H2,1-4H3,(H2,16,18,19). The summed E-state index contributed by atoms with van der Waals surface area (Å²) in [6.07, 6.45) is 3.41. The van der Waals surface area contributed by atoms with Gasteiger partial charge in [-0.3, -0.25) is 0 Å². The first-order valence-electron chi connectivity index (χ1n) is 6.99. The number of benzene rings is 1. The van der Waals surface area contributed by atoms with E-state index < -0.39 is 10.0 Å². The molecule has 0 radical (unpaired) electrons. The van der Waals surface area contributed by atoms with E-state index in [0.29, 0.717) is 11.5 Å². The van der Waals surface area contributed by atoms with Crippen molar-refractivity contribution in [2.24, 2.45) is 10.6 Å². The van der Waals surface area contributed by atoms with Crippen LogP contribution in [0.3, 0.4) is 0 Å². The Balaban J connectivity index is 2.30. The molecule has 4 nitrogen and oxygen atoms in total. The van der Waals surface area contributed by atoms with Gasteiger partial charge in [0.2, 0.25) is 10.0 Å². The van der Waals surface area contributed by atoms with Crippen molar-refractivity contribution in [1.29, 1.82) is 0 Å². The van der Waals surface area contributed by atoms with Gasteiger partial charge in [-0.1, -0.05) is 13.8 Å². The maximum atomic E-state index is 11.5. The Morgan fingerprint density at radius 2 is 1.95 bits per heavy atom. The Labute approximate surface area is 121 Å². The van der Waals surface area contributed by atoms with E-state index in [1.807, 2.05) is 13.8 Å². The molecule has 1 aliphatic rings. The van der Waals surface area contributed by atoms with Crippen LogP contribution in [-0.2, 0) is 10.0 Å². The van der Waals surface area contributed by atoms with Gasteiger partial charge in [0.05, 0.1) is 4.90 Å². The Morgan fingerprint density at radius 3 is 2.45 bits per heavy atom. The van der Waals surface area contributed by atoms with E-state index in [9.17, 15) is 8.42 Å². The van der Waals surface area contributed by atoms with Crippen LogP contribution in [0.15, 0.2) is 17.0 Å². The van der Waals surface area contributed by atoms with E-state index >= 15 is 0 Å². The Kier molecular flexibility index (Phi) is 3.86. The molecule has 0 heterocycles. The third-order valence-electron chi connectivity index (χ3n) is 4.30. The topological polar surface area (TPSA) is 72.2 Å². The lowest BCUT2D eigenvalue weighted by atomic mass is 9.92. The summed E-state index contributed by atoms with van der Waals surface area (Å²) in [4.78, 5) is 0.181. The molecular weight excluding hydrogens is 272 g/mol. The first-order chi connectivity index (χ1) is 9.08. The molecule has 2 rings (SSSR count). The predicted octanol–water partition coefficient (Wildman–Crippen LogP) is 2.94. The minimum absolute atomic E-state index is 0.181. The summed E-state index contributed by atoms with van der Waals surface area (Å²) in [7, 11) is -3.66. The highest BCUT2D eigenvalue weighted by Gasteiger charge is 2.31. The highest BCUT2D eigenvalue weighted by atomic mass is 32.2. The monoisotopic (exact) mass is 296 g/mol. The van der Waals surface area contributed by atoms with E-state index in [-0.39, 0.29) is 4.90 Å². The zero-order chi connectivity index (χ0) is 15.1. The van der Waals surface area contributed by atoms with Gasteiger partial charge in [-0.25, -0.2) is 13.6 Å². The number of aryl methyl sites for hydroxylation is 1. The van der Waals surface area contributed by atoms with Crippen molar-refractivity contribution in [3.63, 3.8) is 0 Å². The van der Waals surface area contributed by atoms with Crippen LogP contribution in [0.5, 0.6) is 0 Å². The predicted molar refractivity (Wildman–Crippen MR) is 82.3 cm³/mol. The number of anilines is 1. The van der Waals surface area contributed by atoms with Gasteiger partial charge in [0, 0.05) is 11.7 Å². The number of rotatable bonds is 3. The lowest BCUT2D eigenvalue weighted by molar-refractivity contribution is 0.378. The second kappa shape index (κ2) is 5.04. The zero-order valence-corrected chi connectivity index (χ0v) is 13.5. The minimum atomic E-state index is -3.66. The number of hydrogen-bond donors (Lipinski definition) is 2. The van der Waals surface area contributed by atoms with Gasteiger partial charge in [-0.2, -0.15) is 0 Å². The molecule has 20 heavy (non-hydrogen) atoms. The molecule has 1 aromatic carbocycles. The first-order valence-corrected chi connectivity index (χ1v) is 8.54. The number of hydrogen-bond acceptors (Lipinski definition) is 3. The van der Waals surface area contributed by atoms with Crippen molar-refractivity contribution in [3.05, 3.63) is 23.3 Å². The molecule has 3 N–H and O–H groups in total. The molecule has 1 unspecified atom stereocenters. The van der Waals surface area contributed by atoms with Crippen molar-refractivity contribution >= 4 is 15.7 Å². The summed E-state index contributed by atoms with van der Waals surface area (Å²) in [5.41, 5.74) is 3.27. The molecule has 0 amide bonds. The molecule has 0 aliphatic heterocycles. The smallest absolute Gasteiger partial charge is 0.238 e. The van der Waals surface area contributed by atoms with Gasteiger partial charge in [0.15, 0.2) is 0 Å². The fourth-order valence-corrected chi connectivity index (χ4v) is 3.54. The molecule has 1 saturated carbocycles. The van der Waals surface area contributed by atoms with Gasteiger partial charge in [0.1, 0.15) is 0 Å². The average Bonchev–Trinajstić information content (AvgIpc) is 2.63. The maximum absolute atomic E-state index is 11.5. The maximum Gasteiger partial charge on any atom is 0.238 e. The summed E-state index contributed by atoms with van der Waals surface area (Å²) in [5, 5.41) is 8.74. The van der Waals surface area contributed by atoms with Crippen LogP contribution in [0.2, 0.25) is 0 Å². The highest BCUT2D eigenvalue weighted by molar-refractivity contribution is 7.89. The number of primary sulfonamides is 1. The van der Waals surface area contributed by atoms with Crippen molar-refractivity contribution in [2.45, 2.75) is 57.9 Å². The van der Waals surface area contributed by atoms with E-state index in [2.05, 4.69) is 19.2 Å². The van der Waals surface area contributed by atoms with Crippen LogP contribution in [0.25, 0.3) is 0 Å². The Bertz CT molecular complexity index is 621. The average molecular weight is 296 g/mol. The first kappa shape index (κ1) is 15.3. The molecule has 1 aromatic rings. The summed E-state index contributed by atoms with van der Waals surface area (Å²) < 4.78 is 23.1. The van der Waals surface area contributed by atoms with Gasteiger partial charge in [-0.05, 0) is 61.8 Å². The van der Waals surface area contributed by atoms with Gasteiger partial charge < -0.3 is 5.32 Å². The molecule has 1 fully saturated rings. The van der Waals surface area contributed by atoms with Crippen molar-refractivity contribution in [3.8, 4) is 0 Å². The third-order valence-corrected chi connectivity index (χ3v) is 5.19. The third kappa shape index (κ3) is 3.33. The van der Waals surface area contributed by atoms with E-state index in [0.717, 1.165) is 29.7 Å². The summed E-state index contributed by atoms with van der Waals surface area (Å²) in [6.45, 7) is 8.46. The molecule has 0 aromatic heterocycles. The SMILES string of the molecule is Cc1cc(S(N)(=O)=O)cc(NC2CCC(C)(C)C2)c1C. The van der Waals surface area contributed by atoms with Crippen LogP contribution in [0, 0.1) is 19.3 Å². The van der Waals surface area contributed by atoms with Crippen molar-refractivity contribution < 1.29 is 8.42 Å². The lowest BCUT2D eigenvalue weighted by Gasteiger charge is -2.21. The Morgan fingerprint density at radius 1 is 1.30 bits per heavy atom. The fourth-order valence-electron chi connectivity index (χ4n) is 2.92. The number of sulfonamides is 1. The summed E-state index contributed by atoms with van der Waals surface area (Å²) >= 11 is 0. The van der Waals surface area contributed by atoms with Crippen LogP contribution in [0.4, 0.5) is 5.69 Å². The molecule has 1 atom stereocenters. The molecule has 0 bridgehead atoms. The normalized spacial score (nSPS) is 21.9. The Hall–Kier alpha value is -1.07. The lowest BCUT2D eigenvalue weighted by Crippen LogP contribution is -2.19. The molecule has 112 valence electrons. The van der Waals surface area contributed by atoms with Crippen LogP contribution in [-0.4, -0.2) is 14.5 Å². The second-order valence-electron chi connectivity index (χ2n) is 6.71. The van der Waals surface area contributed by atoms with E-state index in [1.165, 1.54) is 6.42 Å². The van der Waals surface area contributed by atoms with E-state index in [1.54, 1.807) is 12.1 Å². The number of nitrogens with one attached hydrogen (secondary N) is 1. The molecular formula is C15H24N2O2S. The van der Waals surface area contributed by atoms with Gasteiger partial charge in [-0.15, -0.1) is 0 Å². The summed E-state index contributed by atoms with van der Waals surface area (Å²) in [6, 6.07) is 3.69. The van der Waals surface area contributed by atoms with Crippen LogP contribution in [0.1, 0.15) is 44.2 Å². The molecule has 1 aliphatic carbocycles. The molecule has 0 saturated heterocycles. The molecule has 0 spiro atoms. The molecule has 5 heteroatoms. The van der Waals surface area contributed by atoms with Crippen molar-refractivity contribution in [1.82, 2.24) is 0 Å². The largest absolute Gasteiger partial charge is 0.382 e. The van der Waals surface area contributed by atoms with Crippen LogP contribution >= 0.6 is 0 Å². The number of nitrogens with two attached hydrogens (primary N) is 1. The van der Waals surface area contributed by atoms with Crippen molar-refractivity contribution in [2.75, 3.05) is 5.32 Å². The zero-order valence-electron chi connectivity index (χ0n) is 12.7. The van der Waals surface area contributed by atoms with E-state index in [4.69, 9.17) is 5.14 Å². The summed E-state index contributed by atoms with van der Waals surface area (Å²) in [5.74, 6) is 0. The second-order valence-corrected chi connectivity index (χ2v) is 8.27. The highest BCUT2D eigenvalue weighted by Crippen LogP contribution is 2.39. The van der Waals surface area contributed by atoms with Crippen LogP contribution < -0.4 is 10.5 Å². The van der Waals surface area contributed by atoms with Gasteiger partial charge >= 0.3 is 0 Å².